The van der Waals surface area contributed by atoms with Gasteiger partial charge in [-0.1, -0.05) is 18.2 Å². The molecule has 0 atom stereocenters. The monoisotopic (exact) mass is 307 g/mol. The molecule has 0 bridgehead atoms. The van der Waals surface area contributed by atoms with Gasteiger partial charge in [-0.2, -0.15) is 0 Å². The van der Waals surface area contributed by atoms with Crippen LogP contribution in [0.1, 0.15) is 16.8 Å². The first-order valence-electron chi connectivity index (χ1n) is 7.70. The Balaban J connectivity index is 1.84. The van der Waals surface area contributed by atoms with E-state index in [2.05, 4.69) is 21.7 Å². The van der Waals surface area contributed by atoms with Crippen LogP contribution >= 0.6 is 0 Å². The van der Waals surface area contributed by atoms with Crippen LogP contribution in [0.25, 0.3) is 10.9 Å². The van der Waals surface area contributed by atoms with Crippen LogP contribution in [0.5, 0.6) is 0 Å². The number of nitrogens with zero attached hydrogens (tertiary/aromatic N) is 3. The standard InChI is InChI=1S/C18H17N3O2/c22-18(23)20-10-7-17-15(12-20)14-3-1-2-4-16(14)21(17)11-13-5-8-19-9-6-13/h1-6,8-9H,7,10-12H2,(H,22,23). The smallest absolute Gasteiger partial charge is 0.407 e. The molecule has 1 amide bonds. The van der Waals surface area contributed by atoms with Crippen molar-refractivity contribution in [2.24, 2.45) is 0 Å². The molecule has 1 aromatic carbocycles. The predicted octanol–water partition coefficient (Wildman–Crippen LogP) is 3.12. The van der Waals surface area contributed by atoms with Crippen molar-refractivity contribution in [2.45, 2.75) is 19.5 Å². The number of hydrogen-bond acceptors (Lipinski definition) is 2. The molecule has 5 nitrogen and oxygen atoms in total. The molecular weight excluding hydrogens is 290 g/mol. The lowest BCUT2D eigenvalue weighted by atomic mass is 10.0. The second kappa shape index (κ2) is 5.43. The highest BCUT2D eigenvalue weighted by atomic mass is 16.4. The predicted molar refractivity (Wildman–Crippen MR) is 87.4 cm³/mol. The average Bonchev–Trinajstić information content (AvgIpc) is 2.90. The molecule has 23 heavy (non-hydrogen) atoms. The summed E-state index contributed by atoms with van der Waals surface area (Å²) in [6.45, 7) is 1.80. The van der Waals surface area contributed by atoms with Crippen LogP contribution in [-0.2, 0) is 19.5 Å². The molecule has 3 heterocycles. The van der Waals surface area contributed by atoms with Gasteiger partial charge < -0.3 is 14.6 Å². The summed E-state index contributed by atoms with van der Waals surface area (Å²) >= 11 is 0. The largest absolute Gasteiger partial charge is 0.465 e. The number of carbonyl (C=O) groups is 1. The third-order valence-corrected chi connectivity index (χ3v) is 4.52. The van der Waals surface area contributed by atoms with Gasteiger partial charge in [-0.3, -0.25) is 4.98 Å². The van der Waals surface area contributed by atoms with Crippen LogP contribution in [0.4, 0.5) is 4.79 Å². The van der Waals surface area contributed by atoms with E-state index < -0.39 is 6.09 Å². The number of benzene rings is 1. The van der Waals surface area contributed by atoms with Crippen molar-refractivity contribution in [3.63, 3.8) is 0 Å². The molecule has 1 N–H and O–H groups in total. The first-order chi connectivity index (χ1) is 11.2. The molecular formula is C18H17N3O2. The van der Waals surface area contributed by atoms with E-state index in [9.17, 15) is 9.90 Å². The van der Waals surface area contributed by atoms with Gasteiger partial charge in [-0.05, 0) is 23.8 Å². The lowest BCUT2D eigenvalue weighted by Gasteiger charge is -2.25. The van der Waals surface area contributed by atoms with Gasteiger partial charge >= 0.3 is 6.09 Å². The number of carboxylic acid groups (broad SMARTS) is 1. The Morgan fingerprint density at radius 3 is 2.74 bits per heavy atom. The molecule has 0 aliphatic carbocycles. The highest BCUT2D eigenvalue weighted by Crippen LogP contribution is 2.31. The van der Waals surface area contributed by atoms with Gasteiger partial charge in [-0.15, -0.1) is 0 Å². The third kappa shape index (κ3) is 2.34. The number of hydrogen-bond donors (Lipinski definition) is 1. The Morgan fingerprint density at radius 2 is 1.96 bits per heavy atom. The summed E-state index contributed by atoms with van der Waals surface area (Å²) < 4.78 is 2.32. The van der Waals surface area contributed by atoms with Crippen molar-refractivity contribution >= 4 is 17.0 Å². The van der Waals surface area contributed by atoms with Crippen LogP contribution in [-0.4, -0.2) is 32.2 Å². The average molecular weight is 307 g/mol. The number of pyridine rings is 1. The minimum absolute atomic E-state index is 0.467. The van der Waals surface area contributed by atoms with Crippen molar-refractivity contribution in [1.29, 1.82) is 0 Å². The van der Waals surface area contributed by atoms with Gasteiger partial charge in [0.1, 0.15) is 0 Å². The molecule has 0 radical (unpaired) electrons. The lowest BCUT2D eigenvalue weighted by Crippen LogP contribution is -2.35. The van der Waals surface area contributed by atoms with Crippen LogP contribution in [0.15, 0.2) is 48.8 Å². The van der Waals surface area contributed by atoms with Crippen molar-refractivity contribution in [3.05, 3.63) is 65.6 Å². The Kier molecular flexibility index (Phi) is 3.26. The van der Waals surface area contributed by atoms with Gasteiger partial charge in [0.25, 0.3) is 0 Å². The highest BCUT2D eigenvalue weighted by Gasteiger charge is 2.26. The molecule has 1 aliphatic rings. The van der Waals surface area contributed by atoms with E-state index in [0.717, 1.165) is 23.9 Å². The second-order valence-corrected chi connectivity index (χ2v) is 5.84. The van der Waals surface area contributed by atoms with E-state index in [1.54, 1.807) is 12.4 Å². The zero-order valence-electron chi connectivity index (χ0n) is 12.6. The summed E-state index contributed by atoms with van der Waals surface area (Å²) in [7, 11) is 0. The summed E-state index contributed by atoms with van der Waals surface area (Å²) in [5.74, 6) is 0. The van der Waals surface area contributed by atoms with Crippen LogP contribution < -0.4 is 0 Å². The quantitative estimate of drug-likeness (QED) is 0.791. The number of fused-ring (bicyclic) bond motifs is 3. The van der Waals surface area contributed by atoms with Gasteiger partial charge in [0.15, 0.2) is 0 Å². The fraction of sp³-hybridized carbons (Fsp3) is 0.222. The molecule has 116 valence electrons. The Bertz CT molecular complexity index is 871. The van der Waals surface area contributed by atoms with E-state index >= 15 is 0 Å². The lowest BCUT2D eigenvalue weighted by molar-refractivity contribution is 0.139. The molecule has 4 rings (SSSR count). The van der Waals surface area contributed by atoms with Crippen molar-refractivity contribution in [2.75, 3.05) is 6.54 Å². The van der Waals surface area contributed by atoms with Crippen LogP contribution in [0, 0.1) is 0 Å². The number of amides is 1. The molecule has 0 spiro atoms. The molecule has 0 unspecified atom stereocenters. The van der Waals surface area contributed by atoms with Crippen molar-refractivity contribution in [1.82, 2.24) is 14.5 Å². The molecule has 0 fully saturated rings. The maximum absolute atomic E-state index is 11.3. The molecule has 1 aliphatic heterocycles. The molecule has 5 heteroatoms. The molecule has 3 aromatic rings. The van der Waals surface area contributed by atoms with Crippen molar-refractivity contribution < 1.29 is 9.90 Å². The molecule has 2 aromatic heterocycles. The van der Waals surface area contributed by atoms with Gasteiger partial charge in [-0.25, -0.2) is 4.79 Å². The minimum atomic E-state index is -0.846. The van der Waals surface area contributed by atoms with E-state index in [1.165, 1.54) is 21.7 Å². The second-order valence-electron chi connectivity index (χ2n) is 5.84. The summed E-state index contributed by atoms with van der Waals surface area (Å²) in [6, 6.07) is 12.3. The summed E-state index contributed by atoms with van der Waals surface area (Å²) in [5, 5.41) is 10.4. The first kappa shape index (κ1) is 13.8. The highest BCUT2D eigenvalue weighted by molar-refractivity contribution is 5.86. The third-order valence-electron chi connectivity index (χ3n) is 4.52. The molecule has 0 saturated carbocycles. The minimum Gasteiger partial charge on any atom is -0.465 e. The Hall–Kier alpha value is -2.82. The van der Waals surface area contributed by atoms with E-state index in [-0.39, 0.29) is 0 Å². The van der Waals surface area contributed by atoms with Gasteiger partial charge in [0.2, 0.25) is 0 Å². The first-order valence-corrected chi connectivity index (χ1v) is 7.70. The van der Waals surface area contributed by atoms with E-state index in [0.29, 0.717) is 13.1 Å². The number of para-hydroxylation sites is 1. The zero-order valence-corrected chi connectivity index (χ0v) is 12.6. The number of aromatic nitrogens is 2. The Morgan fingerprint density at radius 1 is 1.17 bits per heavy atom. The van der Waals surface area contributed by atoms with E-state index in [1.807, 2.05) is 24.3 Å². The Labute approximate surface area is 133 Å². The number of rotatable bonds is 2. The SMILES string of the molecule is O=C(O)N1CCc2c(c3ccccc3n2Cc2ccncc2)C1. The molecule has 0 saturated heterocycles. The van der Waals surface area contributed by atoms with Gasteiger partial charge in [0, 0.05) is 54.1 Å². The van der Waals surface area contributed by atoms with Crippen molar-refractivity contribution in [3.8, 4) is 0 Å². The summed E-state index contributed by atoms with van der Waals surface area (Å²) in [4.78, 5) is 16.9. The summed E-state index contributed by atoms with van der Waals surface area (Å²) in [6.07, 6.45) is 3.52. The van der Waals surface area contributed by atoms with Crippen LogP contribution in [0.3, 0.4) is 0 Å². The fourth-order valence-electron chi connectivity index (χ4n) is 3.42. The zero-order chi connectivity index (χ0) is 15.8. The topological polar surface area (TPSA) is 58.4 Å². The van der Waals surface area contributed by atoms with E-state index in [4.69, 9.17) is 0 Å². The van der Waals surface area contributed by atoms with Crippen LogP contribution in [0.2, 0.25) is 0 Å². The van der Waals surface area contributed by atoms with Gasteiger partial charge in [0.05, 0.1) is 6.54 Å². The normalized spacial score (nSPS) is 14.0. The fourth-order valence-corrected chi connectivity index (χ4v) is 3.42. The summed E-state index contributed by atoms with van der Waals surface area (Å²) in [5.41, 5.74) is 4.76. The maximum Gasteiger partial charge on any atom is 0.407 e. The maximum atomic E-state index is 11.3.